The van der Waals surface area contributed by atoms with Gasteiger partial charge in [0.15, 0.2) is 0 Å². The van der Waals surface area contributed by atoms with Crippen molar-refractivity contribution in [3.63, 3.8) is 0 Å². The van der Waals surface area contributed by atoms with Gasteiger partial charge in [0, 0.05) is 18.2 Å². The summed E-state index contributed by atoms with van der Waals surface area (Å²) in [5, 5.41) is 4.13. The summed E-state index contributed by atoms with van der Waals surface area (Å²) in [5.41, 5.74) is 0.485. The van der Waals surface area contributed by atoms with E-state index in [4.69, 9.17) is 0 Å². The molecule has 3 rings (SSSR count). The van der Waals surface area contributed by atoms with E-state index in [1.807, 2.05) is 0 Å². The first-order chi connectivity index (χ1) is 14.5. The molecule has 0 unspecified atom stereocenters. The number of aromatic nitrogens is 2. The summed E-state index contributed by atoms with van der Waals surface area (Å²) in [6, 6.07) is 11.8. The van der Waals surface area contributed by atoms with Crippen molar-refractivity contribution >= 4 is 10.0 Å². The molecule has 0 radical (unpaired) electrons. The van der Waals surface area contributed by atoms with Crippen molar-refractivity contribution in [2.45, 2.75) is 17.8 Å². The summed E-state index contributed by atoms with van der Waals surface area (Å²) >= 11 is 0. The van der Waals surface area contributed by atoms with Gasteiger partial charge in [-0.2, -0.15) is 5.10 Å². The molecule has 31 heavy (non-hydrogen) atoms. The van der Waals surface area contributed by atoms with Crippen LogP contribution in [0.2, 0.25) is 0 Å². The van der Waals surface area contributed by atoms with E-state index in [0.717, 1.165) is 28.9 Å². The molecule has 0 saturated heterocycles. The molecule has 0 aliphatic carbocycles. The first-order valence-electron chi connectivity index (χ1n) is 8.73. The molecule has 0 aliphatic heterocycles. The number of rotatable bonds is 7. The van der Waals surface area contributed by atoms with Gasteiger partial charge in [-0.05, 0) is 54.6 Å². The number of benzene rings is 2. The van der Waals surface area contributed by atoms with E-state index < -0.39 is 33.5 Å². The Bertz CT molecular complexity index is 1210. The van der Waals surface area contributed by atoms with Crippen LogP contribution < -0.4 is 15.0 Å². The highest BCUT2D eigenvalue weighted by atomic mass is 32.2. The summed E-state index contributed by atoms with van der Waals surface area (Å²) in [7, 11) is -4.04. The Balaban J connectivity index is 1.67. The van der Waals surface area contributed by atoms with Gasteiger partial charge in [-0.1, -0.05) is 0 Å². The molecule has 0 atom stereocenters. The first-order valence-corrected chi connectivity index (χ1v) is 10.2. The van der Waals surface area contributed by atoms with Crippen LogP contribution in [0.4, 0.5) is 17.6 Å². The normalized spacial score (nSPS) is 12.0. The fourth-order valence-electron chi connectivity index (χ4n) is 2.57. The number of sulfonamides is 1. The number of alkyl halides is 3. The van der Waals surface area contributed by atoms with Crippen LogP contribution in [0.1, 0.15) is 0 Å². The minimum Gasteiger partial charge on any atom is -0.406 e. The zero-order valence-electron chi connectivity index (χ0n) is 15.6. The lowest BCUT2D eigenvalue weighted by Crippen LogP contribution is -2.32. The average molecular weight is 457 g/mol. The van der Waals surface area contributed by atoms with Crippen LogP contribution in [0, 0.1) is 5.82 Å². The summed E-state index contributed by atoms with van der Waals surface area (Å²) in [6.45, 7) is -0.314. The molecule has 0 aliphatic rings. The SMILES string of the molecule is O=c1ccc(-c2ccc(F)cc2)nn1CCNS(=O)(=O)c1ccc(OC(F)(F)F)cc1. The predicted molar refractivity (Wildman–Crippen MR) is 102 cm³/mol. The topological polar surface area (TPSA) is 90.3 Å². The molecule has 7 nitrogen and oxygen atoms in total. The highest BCUT2D eigenvalue weighted by molar-refractivity contribution is 7.89. The molecule has 0 bridgehead atoms. The fourth-order valence-corrected chi connectivity index (χ4v) is 3.59. The van der Waals surface area contributed by atoms with Crippen molar-refractivity contribution in [2.24, 2.45) is 0 Å². The third kappa shape index (κ3) is 6.12. The van der Waals surface area contributed by atoms with Gasteiger partial charge in [0.1, 0.15) is 11.6 Å². The third-order valence-corrected chi connectivity index (χ3v) is 5.47. The lowest BCUT2D eigenvalue weighted by Gasteiger charge is -2.11. The molecule has 0 saturated carbocycles. The van der Waals surface area contributed by atoms with E-state index >= 15 is 0 Å². The molecule has 3 aromatic rings. The Hall–Kier alpha value is -3.25. The van der Waals surface area contributed by atoms with E-state index in [-0.39, 0.29) is 18.0 Å². The number of nitrogens with zero attached hydrogens (tertiary/aromatic N) is 2. The Morgan fingerprint density at radius 3 is 2.23 bits per heavy atom. The number of halogens is 4. The lowest BCUT2D eigenvalue weighted by atomic mass is 10.1. The molecule has 12 heteroatoms. The molecule has 164 valence electrons. The van der Waals surface area contributed by atoms with Gasteiger partial charge in [0.25, 0.3) is 5.56 Å². The maximum atomic E-state index is 13.1. The Morgan fingerprint density at radius 2 is 1.61 bits per heavy atom. The maximum Gasteiger partial charge on any atom is 0.573 e. The van der Waals surface area contributed by atoms with Gasteiger partial charge in [0.2, 0.25) is 10.0 Å². The molecule has 2 aromatic carbocycles. The number of hydrogen-bond acceptors (Lipinski definition) is 5. The van der Waals surface area contributed by atoms with Gasteiger partial charge in [0.05, 0.1) is 17.1 Å². The second-order valence-electron chi connectivity index (χ2n) is 6.20. The highest BCUT2D eigenvalue weighted by Gasteiger charge is 2.31. The Labute approximate surface area is 174 Å². The minimum atomic E-state index is -4.89. The quantitative estimate of drug-likeness (QED) is 0.551. The van der Waals surface area contributed by atoms with Crippen LogP contribution in [0.3, 0.4) is 0 Å². The molecular formula is C19H15F4N3O4S. The molecule has 0 fully saturated rings. The molecule has 1 N–H and O–H groups in total. The van der Waals surface area contributed by atoms with Crippen LogP contribution in [-0.4, -0.2) is 31.1 Å². The summed E-state index contributed by atoms with van der Waals surface area (Å²) in [4.78, 5) is 11.7. The predicted octanol–water partition coefficient (Wildman–Crippen LogP) is 2.93. The van der Waals surface area contributed by atoms with E-state index in [2.05, 4.69) is 14.6 Å². The summed E-state index contributed by atoms with van der Waals surface area (Å²) < 4.78 is 81.2. The van der Waals surface area contributed by atoms with Crippen molar-refractivity contribution < 1.29 is 30.7 Å². The molecule has 0 spiro atoms. The molecule has 1 aromatic heterocycles. The third-order valence-electron chi connectivity index (χ3n) is 3.99. The first kappa shape index (κ1) is 22.4. The van der Waals surface area contributed by atoms with Crippen LogP contribution in [-0.2, 0) is 16.6 Å². The number of hydrogen-bond donors (Lipinski definition) is 1. The molecular weight excluding hydrogens is 442 g/mol. The van der Waals surface area contributed by atoms with E-state index in [9.17, 15) is 30.8 Å². The Morgan fingerprint density at radius 1 is 0.968 bits per heavy atom. The Kier molecular flexibility index (Phi) is 6.41. The number of ether oxygens (including phenoxy) is 1. The molecule has 1 heterocycles. The largest absolute Gasteiger partial charge is 0.573 e. The second-order valence-corrected chi connectivity index (χ2v) is 7.97. The van der Waals surface area contributed by atoms with Crippen molar-refractivity contribution in [1.29, 1.82) is 0 Å². The summed E-state index contributed by atoms with van der Waals surface area (Å²) in [6.07, 6.45) is -4.89. The lowest BCUT2D eigenvalue weighted by molar-refractivity contribution is -0.274. The monoisotopic (exact) mass is 457 g/mol. The maximum absolute atomic E-state index is 13.1. The van der Waals surface area contributed by atoms with Crippen LogP contribution in [0.25, 0.3) is 11.3 Å². The van der Waals surface area contributed by atoms with E-state index in [0.29, 0.717) is 11.3 Å². The summed E-state index contributed by atoms with van der Waals surface area (Å²) in [5.74, 6) is -0.982. The van der Waals surface area contributed by atoms with E-state index in [1.54, 1.807) is 0 Å². The van der Waals surface area contributed by atoms with Gasteiger partial charge < -0.3 is 4.74 Å². The van der Waals surface area contributed by atoms with Crippen molar-refractivity contribution in [1.82, 2.24) is 14.5 Å². The zero-order chi connectivity index (χ0) is 22.6. The van der Waals surface area contributed by atoms with Gasteiger partial charge >= 0.3 is 6.36 Å². The van der Waals surface area contributed by atoms with Crippen LogP contribution >= 0.6 is 0 Å². The van der Waals surface area contributed by atoms with E-state index in [1.165, 1.54) is 36.4 Å². The fraction of sp³-hybridized carbons (Fsp3) is 0.158. The average Bonchev–Trinajstić information content (AvgIpc) is 2.69. The van der Waals surface area contributed by atoms with Gasteiger partial charge in [-0.3, -0.25) is 4.79 Å². The van der Waals surface area contributed by atoms with Gasteiger partial charge in [-0.25, -0.2) is 22.2 Å². The molecule has 0 amide bonds. The van der Waals surface area contributed by atoms with Gasteiger partial charge in [-0.15, -0.1) is 13.2 Å². The zero-order valence-corrected chi connectivity index (χ0v) is 16.5. The smallest absolute Gasteiger partial charge is 0.406 e. The van der Waals surface area contributed by atoms with Crippen molar-refractivity contribution in [3.8, 4) is 17.0 Å². The highest BCUT2D eigenvalue weighted by Crippen LogP contribution is 2.23. The van der Waals surface area contributed by atoms with Crippen molar-refractivity contribution in [3.05, 3.63) is 76.8 Å². The standard InChI is InChI=1S/C19H15F4N3O4S/c20-14-3-1-13(2-4-14)17-9-10-18(27)26(25-17)12-11-24-31(28,29)16-7-5-15(6-8-16)30-19(21,22)23/h1-10,24H,11-12H2. The van der Waals surface area contributed by atoms with Crippen LogP contribution in [0.5, 0.6) is 5.75 Å². The van der Waals surface area contributed by atoms with Crippen LogP contribution in [0.15, 0.2) is 70.4 Å². The second kappa shape index (κ2) is 8.86. The number of nitrogens with one attached hydrogen (secondary N) is 1. The van der Waals surface area contributed by atoms with Crippen molar-refractivity contribution in [2.75, 3.05) is 6.54 Å². The minimum absolute atomic E-state index is 0.109.